The summed E-state index contributed by atoms with van der Waals surface area (Å²) in [7, 11) is 2.89. The Balaban J connectivity index is 1.02. The number of Topliss-reactive ketones (excluding diaryl/α,β-unsaturated/α-hetero) is 1. The number of unbranched alkanes of at least 4 members (excludes halogenated alkanes) is 1. The van der Waals surface area contributed by atoms with Gasteiger partial charge in [0.1, 0.15) is 46.9 Å². The molecule has 7 rings (SSSR count). The zero-order valence-corrected chi connectivity index (χ0v) is 55.9. The van der Waals surface area contributed by atoms with Crippen LogP contribution in [-0.4, -0.2) is 165 Å². The van der Waals surface area contributed by atoms with Gasteiger partial charge in [0.2, 0.25) is 41.4 Å². The Morgan fingerprint density at radius 3 is 1.77 bits per heavy atom. The number of fused-ring (bicyclic) bond motifs is 2. The first-order chi connectivity index (χ1) is 46.0. The van der Waals surface area contributed by atoms with Crippen LogP contribution < -0.4 is 53.8 Å². The molecule has 33 heteroatoms. The van der Waals surface area contributed by atoms with Gasteiger partial charge in [-0.3, -0.25) is 62.9 Å². The number of likely N-dealkylation sites (N-methyl/N-ethyl adjacent to an activating group) is 2. The van der Waals surface area contributed by atoms with E-state index in [1.807, 2.05) is 13.8 Å². The predicted octanol–water partition coefficient (Wildman–Crippen LogP) is 4.73. The molecule has 0 bridgehead atoms. The first-order valence-electron chi connectivity index (χ1n) is 31.6. The van der Waals surface area contributed by atoms with Crippen LogP contribution in [0.3, 0.4) is 0 Å². The van der Waals surface area contributed by atoms with Crippen LogP contribution >= 0.6 is 0 Å². The molecule has 5 heterocycles. The molecule has 0 radical (unpaired) electrons. The molecule has 0 aliphatic carbocycles. The number of amides is 11. The number of benzene rings is 2. The number of rotatable bonds is 33. The third kappa shape index (κ3) is 19.4. The van der Waals surface area contributed by atoms with E-state index < -0.39 is 71.7 Å². The fourth-order valence-corrected chi connectivity index (χ4v) is 10.2. The van der Waals surface area contributed by atoms with Crippen LogP contribution in [0, 0.1) is 25.7 Å². The van der Waals surface area contributed by atoms with E-state index in [-0.39, 0.29) is 128 Å². The van der Waals surface area contributed by atoms with Gasteiger partial charge in [-0.1, -0.05) is 39.8 Å². The SMILES string of the molecule is CCn1nc(C)cc1C(=O)Nc1nc2cc(C(N)=O)cnc2n1CCCCn1c(NC(=O)c2cc(C)nn2CC)nc2cc(C(N)=O)cc(OC(=O)N(C)CCN(C)C(=O)OCc3ccc(NC(=O)[C@H](CCCNC(N)=O)NC(=O)[C@@H](NC(=O)CCC(=O)C(C)C)C(C)C)cc3)c21. The molecule has 11 amide bonds. The number of carbonyl (C=O) groups excluding carboxylic acids is 11. The average molecular weight is 1340 g/mol. The molecule has 0 aliphatic heterocycles. The zero-order valence-electron chi connectivity index (χ0n) is 55.9. The quantitative estimate of drug-likeness (QED) is 0.0251. The van der Waals surface area contributed by atoms with Crippen LogP contribution in [0.2, 0.25) is 0 Å². The van der Waals surface area contributed by atoms with Crippen molar-refractivity contribution >= 4 is 105 Å². The van der Waals surface area contributed by atoms with Crippen LogP contribution in [0.1, 0.15) is 139 Å². The lowest BCUT2D eigenvalue weighted by atomic mass is 10.0. The average Bonchev–Trinajstić information content (AvgIpc) is 1.63. The number of pyridine rings is 1. The van der Waals surface area contributed by atoms with Crippen molar-refractivity contribution in [2.24, 2.45) is 29.0 Å². The Hall–Kier alpha value is -11.3. The number of aryl methyl sites for hydroxylation is 6. The number of nitrogens with zero attached hydrogens (tertiary/aromatic N) is 11. The minimum Gasteiger partial charge on any atom is -0.445 e. The van der Waals surface area contributed by atoms with Gasteiger partial charge in [0.05, 0.1) is 22.5 Å². The van der Waals surface area contributed by atoms with E-state index in [1.165, 1.54) is 53.0 Å². The van der Waals surface area contributed by atoms with Crippen LogP contribution in [-0.2, 0) is 56.7 Å². The van der Waals surface area contributed by atoms with Crippen molar-refractivity contribution in [1.29, 1.82) is 0 Å². The molecule has 2 atom stereocenters. The molecule has 0 fully saturated rings. The monoisotopic (exact) mass is 1340 g/mol. The lowest BCUT2D eigenvalue weighted by molar-refractivity contribution is -0.132. The minimum atomic E-state index is -1.12. The van der Waals surface area contributed by atoms with Gasteiger partial charge in [-0.15, -0.1) is 0 Å². The van der Waals surface area contributed by atoms with E-state index in [9.17, 15) is 52.7 Å². The maximum Gasteiger partial charge on any atom is 0.415 e. The van der Waals surface area contributed by atoms with E-state index >= 15 is 0 Å². The summed E-state index contributed by atoms with van der Waals surface area (Å²) in [5.41, 5.74) is 20.2. The van der Waals surface area contributed by atoms with Crippen molar-refractivity contribution in [3.8, 4) is 5.75 Å². The summed E-state index contributed by atoms with van der Waals surface area (Å²) in [6.07, 6.45) is 0.599. The van der Waals surface area contributed by atoms with Crippen molar-refractivity contribution in [3.63, 3.8) is 0 Å². The molecule has 518 valence electrons. The van der Waals surface area contributed by atoms with Crippen LogP contribution in [0.4, 0.5) is 32.0 Å². The van der Waals surface area contributed by atoms with Gasteiger partial charge in [-0.25, -0.2) is 29.3 Å². The van der Waals surface area contributed by atoms with Gasteiger partial charge < -0.3 is 62.3 Å². The first kappa shape index (κ1) is 73.1. The number of carbonyl (C=O) groups is 11. The summed E-state index contributed by atoms with van der Waals surface area (Å²) in [6.45, 7) is 15.0. The topological polar surface area (TPSA) is 447 Å². The van der Waals surface area contributed by atoms with Gasteiger partial charge in [-0.05, 0) is 107 Å². The highest BCUT2D eigenvalue weighted by Gasteiger charge is 2.31. The van der Waals surface area contributed by atoms with Gasteiger partial charge in [0.15, 0.2) is 11.4 Å². The van der Waals surface area contributed by atoms with Crippen molar-refractivity contribution in [3.05, 3.63) is 100 Å². The summed E-state index contributed by atoms with van der Waals surface area (Å²) in [6, 6.07) is 10.9. The molecule has 0 saturated carbocycles. The Morgan fingerprint density at radius 1 is 0.639 bits per heavy atom. The Kier molecular flexibility index (Phi) is 25.0. The van der Waals surface area contributed by atoms with E-state index in [4.69, 9.17) is 31.7 Å². The van der Waals surface area contributed by atoms with E-state index in [0.717, 1.165) is 0 Å². The molecular formula is C64H84N20O13. The number of ether oxygens (including phenoxy) is 2. The summed E-state index contributed by atoms with van der Waals surface area (Å²) in [5.74, 6) is -5.08. The second-order valence-electron chi connectivity index (χ2n) is 23.8. The molecule has 0 spiro atoms. The molecule has 33 nitrogen and oxygen atoms in total. The zero-order chi connectivity index (χ0) is 70.9. The van der Waals surface area contributed by atoms with Crippen LogP contribution in [0.5, 0.6) is 5.75 Å². The number of hydrogen-bond acceptors (Lipinski definition) is 18. The highest BCUT2D eigenvalue weighted by molar-refractivity contribution is 6.05. The Bertz CT molecular complexity index is 4090. The van der Waals surface area contributed by atoms with E-state index in [0.29, 0.717) is 65.4 Å². The number of primary amides is 3. The summed E-state index contributed by atoms with van der Waals surface area (Å²) < 4.78 is 18.0. The number of anilines is 3. The van der Waals surface area contributed by atoms with Crippen LogP contribution in [0.15, 0.2) is 60.8 Å². The third-order valence-electron chi connectivity index (χ3n) is 15.6. The third-order valence-corrected chi connectivity index (χ3v) is 15.6. The minimum absolute atomic E-state index is 0.0124. The molecule has 97 heavy (non-hydrogen) atoms. The highest BCUT2D eigenvalue weighted by atomic mass is 16.6. The molecule has 0 unspecified atom stereocenters. The smallest absolute Gasteiger partial charge is 0.415 e. The Labute approximate surface area is 558 Å². The number of hydrogen-bond donors (Lipinski definition) is 9. The fourth-order valence-electron chi connectivity index (χ4n) is 10.2. The van der Waals surface area contributed by atoms with Crippen molar-refractivity contribution in [1.82, 2.24) is 69.4 Å². The summed E-state index contributed by atoms with van der Waals surface area (Å²) in [4.78, 5) is 160. The summed E-state index contributed by atoms with van der Waals surface area (Å²) >= 11 is 0. The lowest BCUT2D eigenvalue weighted by Gasteiger charge is -2.25. The largest absolute Gasteiger partial charge is 0.445 e. The molecule has 12 N–H and O–H groups in total. The number of nitrogens with one attached hydrogen (secondary N) is 6. The van der Waals surface area contributed by atoms with Gasteiger partial charge in [0.25, 0.3) is 11.8 Å². The van der Waals surface area contributed by atoms with Gasteiger partial charge in [-0.2, -0.15) is 10.2 Å². The standard InChI is InChI=1S/C64H84N20O13/c1-11-83-46(28-37(7)77-83)57(90)75-61-72-44-30-40(53(65)87)32-49(52(44)81(61)24-13-14-25-82-55-45(31-41(33-69-55)54(66)88)73-62(82)76-58(91)47-29-38(8)78-84(47)12-2)97-64(95)80(10)27-26-79(9)63(94)96-34-39-17-19-42(20-18-39)70-56(89)43(16-15-23-68-60(67)93)71-59(92)51(36(5)6)74-50(86)22-21-48(85)35(3)4/h17-20,28-33,35-36,43,51H,11-16,21-27,34H2,1-10H3,(H2,65,87)(H2,66,88)(H,70,89)(H,71,92)(H,74,86)(H3,67,68,93)(H,72,75,90)(H,73,76,91)/t43-,51-/m0/s1. The molecule has 7 aromatic rings. The molecule has 5 aromatic heterocycles. The highest BCUT2D eigenvalue weighted by Crippen LogP contribution is 2.33. The van der Waals surface area contributed by atoms with Crippen LogP contribution in [0.25, 0.3) is 22.2 Å². The second kappa shape index (κ2) is 33.2. The van der Waals surface area contributed by atoms with E-state index in [2.05, 4.69) is 52.1 Å². The number of aromatic nitrogens is 9. The first-order valence-corrected chi connectivity index (χ1v) is 31.6. The maximum atomic E-state index is 14.1. The summed E-state index contributed by atoms with van der Waals surface area (Å²) in [5, 5.41) is 25.2. The number of ketones is 1. The van der Waals surface area contributed by atoms with Crippen molar-refractivity contribution in [2.75, 3.05) is 49.7 Å². The van der Waals surface area contributed by atoms with E-state index in [1.54, 1.807) is 91.8 Å². The normalized spacial score (nSPS) is 11.8. The number of imidazole rings is 2. The lowest BCUT2D eigenvalue weighted by Crippen LogP contribution is -2.54. The van der Waals surface area contributed by atoms with Crippen molar-refractivity contribution < 1.29 is 62.2 Å². The van der Waals surface area contributed by atoms with Crippen molar-refractivity contribution in [2.45, 2.75) is 139 Å². The second-order valence-corrected chi connectivity index (χ2v) is 23.8. The molecule has 0 aliphatic rings. The van der Waals surface area contributed by atoms with Gasteiger partial charge in [0, 0.05) is 96.1 Å². The van der Waals surface area contributed by atoms with Gasteiger partial charge >= 0.3 is 18.2 Å². The molecule has 0 saturated heterocycles. The number of nitrogens with two attached hydrogens (primary N) is 3. The number of urea groups is 1. The fraction of sp³-hybridized carbons (Fsp3) is 0.438. The predicted molar refractivity (Wildman–Crippen MR) is 356 cm³/mol. The molecule has 2 aromatic carbocycles. The maximum absolute atomic E-state index is 14.1. The Morgan fingerprint density at radius 2 is 1.21 bits per heavy atom. The molecular weight excluding hydrogens is 1260 g/mol.